The van der Waals surface area contributed by atoms with Crippen molar-refractivity contribution in [1.82, 2.24) is 4.90 Å². The van der Waals surface area contributed by atoms with Gasteiger partial charge >= 0.3 is 0 Å². The molecule has 3 atom stereocenters. The van der Waals surface area contributed by atoms with Crippen molar-refractivity contribution in [3.05, 3.63) is 0 Å². The molecule has 2 aliphatic rings. The molecule has 16 heavy (non-hydrogen) atoms. The second-order valence-electron chi connectivity index (χ2n) is 4.82. The lowest BCUT2D eigenvalue weighted by atomic mass is 10.1. The van der Waals surface area contributed by atoms with E-state index < -0.39 is 9.84 Å². The molecule has 0 spiro atoms. The van der Waals surface area contributed by atoms with E-state index in [2.05, 4.69) is 4.90 Å². The summed E-state index contributed by atoms with van der Waals surface area (Å²) >= 11 is 0. The molecule has 5 nitrogen and oxygen atoms in total. The number of morpholine rings is 1. The van der Waals surface area contributed by atoms with Crippen LogP contribution in [0.1, 0.15) is 13.3 Å². The Balaban J connectivity index is 1.99. The number of hydrogen-bond acceptors (Lipinski definition) is 5. The van der Waals surface area contributed by atoms with E-state index in [1.807, 2.05) is 6.92 Å². The molecule has 0 amide bonds. The van der Waals surface area contributed by atoms with Crippen LogP contribution in [0.5, 0.6) is 0 Å². The lowest BCUT2D eigenvalue weighted by Gasteiger charge is -2.39. The summed E-state index contributed by atoms with van der Waals surface area (Å²) in [5.74, 6) is 0.633. The van der Waals surface area contributed by atoms with Crippen LogP contribution in [0.25, 0.3) is 0 Å². The van der Waals surface area contributed by atoms with Crippen LogP contribution in [0.4, 0.5) is 0 Å². The van der Waals surface area contributed by atoms with Crippen molar-refractivity contribution in [3.8, 4) is 0 Å². The molecule has 94 valence electrons. The maximum Gasteiger partial charge on any atom is 0.151 e. The number of ether oxygens (including phenoxy) is 1. The second kappa shape index (κ2) is 4.60. The molecule has 0 bridgehead atoms. The molecule has 0 radical (unpaired) electrons. The van der Waals surface area contributed by atoms with Crippen LogP contribution in [-0.4, -0.2) is 62.7 Å². The van der Waals surface area contributed by atoms with Gasteiger partial charge in [-0.25, -0.2) is 8.42 Å². The highest BCUT2D eigenvalue weighted by atomic mass is 32.2. The minimum atomic E-state index is -2.80. The monoisotopic (exact) mass is 248 g/mol. The van der Waals surface area contributed by atoms with E-state index in [1.54, 1.807) is 0 Å². The van der Waals surface area contributed by atoms with Gasteiger partial charge in [-0.3, -0.25) is 4.90 Å². The van der Waals surface area contributed by atoms with E-state index in [4.69, 9.17) is 10.5 Å². The van der Waals surface area contributed by atoms with Crippen molar-refractivity contribution >= 4 is 9.84 Å². The Labute approximate surface area is 96.9 Å². The molecule has 2 N–H and O–H groups in total. The van der Waals surface area contributed by atoms with Crippen LogP contribution in [-0.2, 0) is 14.6 Å². The van der Waals surface area contributed by atoms with Crippen molar-refractivity contribution in [2.75, 3.05) is 31.1 Å². The highest BCUT2D eigenvalue weighted by Crippen LogP contribution is 2.21. The third-order valence-corrected chi connectivity index (χ3v) is 5.09. The third kappa shape index (κ3) is 2.74. The molecule has 0 aromatic heterocycles. The highest BCUT2D eigenvalue weighted by molar-refractivity contribution is 7.91. The molecule has 6 heteroatoms. The van der Waals surface area contributed by atoms with Gasteiger partial charge < -0.3 is 10.5 Å². The number of sulfone groups is 1. The molecule has 2 fully saturated rings. The summed E-state index contributed by atoms with van der Waals surface area (Å²) in [6.07, 6.45) is 0.949. The Morgan fingerprint density at radius 3 is 2.75 bits per heavy atom. The molecule has 2 saturated heterocycles. The highest BCUT2D eigenvalue weighted by Gasteiger charge is 2.36. The number of nitrogens with two attached hydrogens (primary N) is 1. The molecule has 3 unspecified atom stereocenters. The summed E-state index contributed by atoms with van der Waals surface area (Å²) in [6.45, 7) is 4.09. The number of hydrogen-bond donors (Lipinski definition) is 1. The largest absolute Gasteiger partial charge is 0.371 e. The number of nitrogens with zero attached hydrogens (tertiary/aromatic N) is 1. The first kappa shape index (κ1) is 12.3. The Morgan fingerprint density at radius 1 is 1.44 bits per heavy atom. The van der Waals surface area contributed by atoms with Gasteiger partial charge in [-0.05, 0) is 13.3 Å². The lowest BCUT2D eigenvalue weighted by Crippen LogP contribution is -2.53. The van der Waals surface area contributed by atoms with Crippen LogP contribution >= 0.6 is 0 Å². The first-order valence-electron chi connectivity index (χ1n) is 5.80. The molecular weight excluding hydrogens is 228 g/mol. The van der Waals surface area contributed by atoms with Gasteiger partial charge in [0.2, 0.25) is 0 Å². The molecule has 0 aromatic rings. The third-order valence-electron chi connectivity index (χ3n) is 3.34. The lowest BCUT2D eigenvalue weighted by molar-refractivity contribution is -0.0813. The first-order chi connectivity index (χ1) is 7.50. The Morgan fingerprint density at radius 2 is 2.19 bits per heavy atom. The Kier molecular flexibility index (Phi) is 3.53. The topological polar surface area (TPSA) is 72.6 Å². The summed E-state index contributed by atoms with van der Waals surface area (Å²) < 4.78 is 28.5. The van der Waals surface area contributed by atoms with Gasteiger partial charge in [0.1, 0.15) is 0 Å². The quantitative estimate of drug-likeness (QED) is 0.694. The summed E-state index contributed by atoms with van der Waals surface area (Å²) in [5.41, 5.74) is 5.61. The van der Waals surface area contributed by atoms with Gasteiger partial charge in [0, 0.05) is 25.7 Å². The zero-order valence-electron chi connectivity index (χ0n) is 9.63. The summed E-state index contributed by atoms with van der Waals surface area (Å²) in [5, 5.41) is 0. The summed E-state index contributed by atoms with van der Waals surface area (Å²) in [4.78, 5) is 2.23. The van der Waals surface area contributed by atoms with Crippen molar-refractivity contribution in [1.29, 1.82) is 0 Å². The van der Waals surface area contributed by atoms with Crippen molar-refractivity contribution in [2.24, 2.45) is 5.73 Å². The van der Waals surface area contributed by atoms with Crippen LogP contribution < -0.4 is 5.73 Å². The minimum Gasteiger partial charge on any atom is -0.371 e. The van der Waals surface area contributed by atoms with Gasteiger partial charge in [0.05, 0.1) is 23.7 Å². The standard InChI is InChI=1S/C10H20N2O3S/c1-8-5-12(6-10(4-11)15-8)9-2-3-16(13,14)7-9/h8-10H,2-7,11H2,1H3. The maximum absolute atomic E-state index is 11.4. The van der Waals surface area contributed by atoms with E-state index >= 15 is 0 Å². The molecule has 0 aliphatic carbocycles. The normalized spacial score (nSPS) is 40.0. The predicted molar refractivity (Wildman–Crippen MR) is 62.0 cm³/mol. The van der Waals surface area contributed by atoms with Crippen molar-refractivity contribution < 1.29 is 13.2 Å². The molecule has 2 heterocycles. The van der Waals surface area contributed by atoms with Crippen LogP contribution in [0.2, 0.25) is 0 Å². The van der Waals surface area contributed by atoms with Crippen molar-refractivity contribution in [2.45, 2.75) is 31.6 Å². The van der Waals surface area contributed by atoms with E-state index in [1.165, 1.54) is 0 Å². The van der Waals surface area contributed by atoms with E-state index in [9.17, 15) is 8.42 Å². The fourth-order valence-corrected chi connectivity index (χ4v) is 4.33. The average molecular weight is 248 g/mol. The summed E-state index contributed by atoms with van der Waals surface area (Å²) in [6, 6.07) is 0.172. The minimum absolute atomic E-state index is 0.0482. The second-order valence-corrected chi connectivity index (χ2v) is 7.04. The van der Waals surface area contributed by atoms with Gasteiger partial charge in [0.25, 0.3) is 0 Å². The maximum atomic E-state index is 11.4. The number of rotatable bonds is 2. The fraction of sp³-hybridized carbons (Fsp3) is 1.00. The van der Waals surface area contributed by atoms with E-state index in [0.717, 1.165) is 19.5 Å². The van der Waals surface area contributed by atoms with Gasteiger partial charge in [-0.2, -0.15) is 0 Å². The predicted octanol–water partition coefficient (Wildman–Crippen LogP) is -0.778. The zero-order valence-corrected chi connectivity index (χ0v) is 10.4. The zero-order chi connectivity index (χ0) is 11.8. The van der Waals surface area contributed by atoms with E-state index in [0.29, 0.717) is 18.1 Å². The summed E-state index contributed by atoms with van der Waals surface area (Å²) in [7, 11) is -2.80. The van der Waals surface area contributed by atoms with Crippen LogP contribution in [0, 0.1) is 0 Å². The first-order valence-corrected chi connectivity index (χ1v) is 7.62. The Bertz CT molecular complexity index is 344. The van der Waals surface area contributed by atoms with Gasteiger partial charge in [-0.15, -0.1) is 0 Å². The smallest absolute Gasteiger partial charge is 0.151 e. The van der Waals surface area contributed by atoms with Gasteiger partial charge in [0.15, 0.2) is 9.84 Å². The van der Waals surface area contributed by atoms with E-state index in [-0.39, 0.29) is 18.2 Å². The molecular formula is C10H20N2O3S. The molecule has 2 rings (SSSR count). The molecule has 2 aliphatic heterocycles. The van der Waals surface area contributed by atoms with Gasteiger partial charge in [-0.1, -0.05) is 0 Å². The average Bonchev–Trinajstić information content (AvgIpc) is 2.58. The van der Waals surface area contributed by atoms with Crippen LogP contribution in [0.15, 0.2) is 0 Å². The molecule has 0 aromatic carbocycles. The molecule has 0 saturated carbocycles. The SMILES string of the molecule is CC1CN(C2CCS(=O)(=O)C2)CC(CN)O1. The Hall–Kier alpha value is -0.170. The van der Waals surface area contributed by atoms with Crippen molar-refractivity contribution in [3.63, 3.8) is 0 Å². The fourth-order valence-electron chi connectivity index (χ4n) is 2.57. The van der Waals surface area contributed by atoms with Crippen LogP contribution in [0.3, 0.4) is 0 Å².